The zero-order valence-corrected chi connectivity index (χ0v) is 20.4. The zero-order valence-electron chi connectivity index (χ0n) is 20.4. The number of carbonyl (C=O) groups is 2. The van der Waals surface area contributed by atoms with Crippen molar-refractivity contribution < 1.29 is 19.8 Å². The van der Waals surface area contributed by atoms with E-state index in [9.17, 15) is 14.7 Å². The Morgan fingerprint density at radius 3 is 1.53 bits per heavy atom. The van der Waals surface area contributed by atoms with Gasteiger partial charge in [0, 0.05) is 6.42 Å². The molecule has 0 heterocycles. The van der Waals surface area contributed by atoms with Gasteiger partial charge in [0.15, 0.2) is 0 Å². The molecule has 2 unspecified atom stereocenters. The average molecular weight is 427 g/mol. The summed E-state index contributed by atoms with van der Waals surface area (Å²) in [6, 6.07) is 0. The molecule has 0 aromatic rings. The summed E-state index contributed by atoms with van der Waals surface area (Å²) in [5.74, 6) is -0.795. The molecule has 0 aliphatic rings. The van der Waals surface area contributed by atoms with E-state index in [4.69, 9.17) is 5.11 Å². The van der Waals surface area contributed by atoms with Crippen molar-refractivity contribution in [2.45, 2.75) is 137 Å². The second kappa shape index (κ2) is 17.6. The van der Waals surface area contributed by atoms with Gasteiger partial charge in [-0.15, -0.1) is 0 Å². The van der Waals surface area contributed by atoms with Crippen LogP contribution in [0.15, 0.2) is 0 Å². The van der Waals surface area contributed by atoms with E-state index in [1.54, 1.807) is 0 Å². The number of aliphatic carboxylic acids is 2. The highest BCUT2D eigenvalue weighted by molar-refractivity contribution is 5.75. The number of unbranched alkanes of at least 4 members (excludes halogenated alkanes) is 8. The first-order chi connectivity index (χ1) is 14.4. The van der Waals surface area contributed by atoms with Crippen LogP contribution >= 0.6 is 0 Å². The van der Waals surface area contributed by atoms with Gasteiger partial charge in [-0.3, -0.25) is 9.59 Å². The Balaban J connectivity index is 5.28. The molecule has 0 rings (SSSR count). The summed E-state index contributed by atoms with van der Waals surface area (Å²) < 4.78 is 0. The smallest absolute Gasteiger partial charge is 0.310 e. The summed E-state index contributed by atoms with van der Waals surface area (Å²) in [5.41, 5.74) is -0.605. The number of hydrogen-bond acceptors (Lipinski definition) is 2. The predicted molar refractivity (Wildman–Crippen MR) is 126 cm³/mol. The average Bonchev–Trinajstić information content (AvgIpc) is 2.71. The highest BCUT2D eigenvalue weighted by Gasteiger charge is 2.48. The van der Waals surface area contributed by atoms with Gasteiger partial charge < -0.3 is 10.2 Å². The Labute approximate surface area is 186 Å². The van der Waals surface area contributed by atoms with Gasteiger partial charge in [0.2, 0.25) is 0 Å². The van der Waals surface area contributed by atoms with Crippen molar-refractivity contribution in [3.05, 3.63) is 0 Å². The van der Waals surface area contributed by atoms with Crippen molar-refractivity contribution >= 4 is 11.9 Å². The van der Waals surface area contributed by atoms with E-state index in [0.717, 1.165) is 77.0 Å². The maximum absolute atomic E-state index is 12.9. The number of carboxylic acids is 2. The summed E-state index contributed by atoms with van der Waals surface area (Å²) >= 11 is 0. The molecular weight excluding hydrogens is 376 g/mol. The maximum Gasteiger partial charge on any atom is 0.310 e. The van der Waals surface area contributed by atoms with Crippen LogP contribution in [0.4, 0.5) is 0 Å². The molecule has 0 spiro atoms. The van der Waals surface area contributed by atoms with Crippen LogP contribution in [0.5, 0.6) is 0 Å². The second-order valence-corrected chi connectivity index (χ2v) is 9.21. The van der Waals surface area contributed by atoms with Crippen molar-refractivity contribution in [1.29, 1.82) is 0 Å². The lowest BCUT2D eigenvalue weighted by atomic mass is 9.59. The standard InChI is InChI=1S/C26H50O4/c1-5-9-14-18-22(7-3)26(25(29)30,23(8-4)19-15-10-6-2)21-17-13-11-12-16-20-24(27)28/h22-23H,5-21H2,1-4H3,(H,27,28)(H,29,30). The highest BCUT2D eigenvalue weighted by Crippen LogP contribution is 2.48. The number of rotatable bonds is 21. The third-order valence-corrected chi connectivity index (χ3v) is 7.13. The van der Waals surface area contributed by atoms with Crippen LogP contribution in [0.25, 0.3) is 0 Å². The lowest BCUT2D eigenvalue weighted by Gasteiger charge is -2.43. The van der Waals surface area contributed by atoms with Crippen LogP contribution in [-0.4, -0.2) is 22.2 Å². The van der Waals surface area contributed by atoms with Crippen molar-refractivity contribution in [1.82, 2.24) is 0 Å². The molecule has 0 bridgehead atoms. The van der Waals surface area contributed by atoms with Gasteiger partial charge in [0.05, 0.1) is 5.41 Å². The summed E-state index contributed by atoms with van der Waals surface area (Å²) in [4.78, 5) is 23.5. The minimum Gasteiger partial charge on any atom is -0.481 e. The Kier molecular flexibility index (Phi) is 17.0. The van der Waals surface area contributed by atoms with Crippen LogP contribution in [0.2, 0.25) is 0 Å². The van der Waals surface area contributed by atoms with E-state index >= 15 is 0 Å². The third kappa shape index (κ3) is 10.3. The Bertz CT molecular complexity index is 428. The van der Waals surface area contributed by atoms with E-state index in [2.05, 4.69) is 27.7 Å². The molecule has 2 N–H and O–H groups in total. The monoisotopic (exact) mass is 426 g/mol. The molecule has 0 saturated carbocycles. The van der Waals surface area contributed by atoms with Crippen molar-refractivity contribution in [2.24, 2.45) is 17.3 Å². The first-order valence-corrected chi connectivity index (χ1v) is 12.9. The molecule has 30 heavy (non-hydrogen) atoms. The second-order valence-electron chi connectivity index (χ2n) is 9.21. The van der Waals surface area contributed by atoms with Gasteiger partial charge in [-0.1, -0.05) is 105 Å². The van der Waals surface area contributed by atoms with Crippen LogP contribution < -0.4 is 0 Å². The molecule has 0 aliphatic heterocycles. The van der Waals surface area contributed by atoms with Crippen LogP contribution in [-0.2, 0) is 9.59 Å². The molecule has 0 amide bonds. The normalized spacial score (nSPS) is 15.5. The van der Waals surface area contributed by atoms with E-state index in [1.807, 2.05) is 0 Å². The molecule has 4 heteroatoms. The lowest BCUT2D eigenvalue weighted by molar-refractivity contribution is -0.160. The summed E-state index contributed by atoms with van der Waals surface area (Å²) in [6.45, 7) is 8.77. The highest BCUT2D eigenvalue weighted by atomic mass is 16.4. The van der Waals surface area contributed by atoms with Crippen LogP contribution in [0.1, 0.15) is 137 Å². The molecule has 0 aliphatic carbocycles. The predicted octanol–water partition coefficient (Wildman–Crippen LogP) is 8.09. The van der Waals surface area contributed by atoms with Crippen LogP contribution in [0, 0.1) is 17.3 Å². The fraction of sp³-hybridized carbons (Fsp3) is 0.923. The molecule has 178 valence electrons. The van der Waals surface area contributed by atoms with E-state index in [0.29, 0.717) is 0 Å². The molecule has 0 saturated heterocycles. The van der Waals surface area contributed by atoms with Crippen LogP contribution in [0.3, 0.4) is 0 Å². The molecular formula is C26H50O4. The molecule has 4 nitrogen and oxygen atoms in total. The fourth-order valence-electron chi connectivity index (χ4n) is 5.36. The van der Waals surface area contributed by atoms with Crippen molar-refractivity contribution in [3.63, 3.8) is 0 Å². The van der Waals surface area contributed by atoms with Crippen molar-refractivity contribution in [2.75, 3.05) is 0 Å². The maximum atomic E-state index is 12.9. The summed E-state index contributed by atoms with van der Waals surface area (Å²) in [5, 5.41) is 19.3. The molecule has 0 radical (unpaired) electrons. The molecule has 0 aromatic heterocycles. The SMILES string of the molecule is CCCCCC(CC)C(CCCCCCCC(=O)O)(C(=O)O)C(CC)CCCCC. The van der Waals surface area contributed by atoms with Gasteiger partial charge in [-0.05, 0) is 37.5 Å². The fourth-order valence-corrected chi connectivity index (χ4v) is 5.36. The van der Waals surface area contributed by atoms with E-state index in [1.165, 1.54) is 25.7 Å². The van der Waals surface area contributed by atoms with Gasteiger partial charge >= 0.3 is 11.9 Å². The van der Waals surface area contributed by atoms with Gasteiger partial charge in [0.1, 0.15) is 0 Å². The quantitative estimate of drug-likeness (QED) is 0.182. The first-order valence-electron chi connectivity index (χ1n) is 12.9. The molecule has 0 fully saturated rings. The van der Waals surface area contributed by atoms with Gasteiger partial charge in [0.25, 0.3) is 0 Å². The minimum absolute atomic E-state index is 0.240. The summed E-state index contributed by atoms with van der Waals surface area (Å²) in [6.07, 6.45) is 16.5. The van der Waals surface area contributed by atoms with E-state index < -0.39 is 17.4 Å². The Hall–Kier alpha value is -1.06. The van der Waals surface area contributed by atoms with Gasteiger partial charge in [-0.25, -0.2) is 0 Å². The first kappa shape index (κ1) is 28.9. The Morgan fingerprint density at radius 2 is 1.13 bits per heavy atom. The summed E-state index contributed by atoms with van der Waals surface area (Å²) in [7, 11) is 0. The Morgan fingerprint density at radius 1 is 0.667 bits per heavy atom. The topological polar surface area (TPSA) is 74.6 Å². The van der Waals surface area contributed by atoms with E-state index in [-0.39, 0.29) is 18.3 Å². The van der Waals surface area contributed by atoms with Crippen molar-refractivity contribution in [3.8, 4) is 0 Å². The minimum atomic E-state index is -0.726. The number of carboxylic acid groups (broad SMARTS) is 2. The molecule has 0 aromatic carbocycles. The van der Waals surface area contributed by atoms with Gasteiger partial charge in [-0.2, -0.15) is 0 Å². The number of hydrogen-bond donors (Lipinski definition) is 2. The zero-order chi connectivity index (χ0) is 22.8. The lowest BCUT2D eigenvalue weighted by Crippen LogP contribution is -2.45. The molecule has 2 atom stereocenters. The third-order valence-electron chi connectivity index (χ3n) is 7.13. The largest absolute Gasteiger partial charge is 0.481 e.